The van der Waals surface area contributed by atoms with Gasteiger partial charge in [-0.3, -0.25) is 4.98 Å². The van der Waals surface area contributed by atoms with Crippen molar-refractivity contribution in [3.05, 3.63) is 24.0 Å². The zero-order valence-corrected chi connectivity index (χ0v) is 12.7. The Kier molecular flexibility index (Phi) is 5.74. The third kappa shape index (κ3) is 4.81. The molecule has 1 aliphatic carbocycles. The van der Waals surface area contributed by atoms with Crippen molar-refractivity contribution in [2.45, 2.75) is 49.5 Å². The molecular formula is C15H20N2O3S. The lowest BCUT2D eigenvalue weighted by atomic mass is 10.1. The Morgan fingerprint density at radius 2 is 1.95 bits per heavy atom. The van der Waals surface area contributed by atoms with Gasteiger partial charge in [-0.05, 0) is 18.9 Å². The van der Waals surface area contributed by atoms with Crippen LogP contribution in [0, 0.1) is 11.8 Å². The van der Waals surface area contributed by atoms with Gasteiger partial charge in [0.2, 0.25) is 10.0 Å². The van der Waals surface area contributed by atoms with Crippen molar-refractivity contribution >= 4 is 10.0 Å². The summed E-state index contributed by atoms with van der Waals surface area (Å²) in [6, 6.07) is 1.49. The minimum atomic E-state index is -3.57. The number of sulfonamides is 1. The first-order valence-electron chi connectivity index (χ1n) is 7.19. The summed E-state index contributed by atoms with van der Waals surface area (Å²) in [6.45, 7) is -0.267. The van der Waals surface area contributed by atoms with Crippen LogP contribution in [0.15, 0.2) is 23.4 Å². The summed E-state index contributed by atoms with van der Waals surface area (Å²) in [7, 11) is -3.57. The van der Waals surface area contributed by atoms with E-state index < -0.39 is 10.0 Å². The van der Waals surface area contributed by atoms with Crippen LogP contribution in [0.5, 0.6) is 0 Å². The van der Waals surface area contributed by atoms with Crippen LogP contribution in [0.2, 0.25) is 0 Å². The van der Waals surface area contributed by atoms with Crippen LogP contribution in [-0.4, -0.2) is 31.2 Å². The number of aliphatic hydroxyl groups excluding tert-OH is 1. The van der Waals surface area contributed by atoms with E-state index in [-0.39, 0.29) is 17.5 Å². The molecule has 1 aromatic rings. The number of nitrogens with zero attached hydrogens (tertiary/aromatic N) is 1. The minimum Gasteiger partial charge on any atom is -0.384 e. The summed E-state index contributed by atoms with van der Waals surface area (Å²) in [5.41, 5.74) is 0.479. The van der Waals surface area contributed by atoms with Crippen molar-refractivity contribution in [2.24, 2.45) is 0 Å². The maximum atomic E-state index is 12.4. The molecule has 0 unspecified atom stereocenters. The molecule has 1 aliphatic rings. The molecule has 1 aromatic heterocycles. The Morgan fingerprint density at radius 3 is 2.62 bits per heavy atom. The van der Waals surface area contributed by atoms with Crippen LogP contribution >= 0.6 is 0 Å². The van der Waals surface area contributed by atoms with Gasteiger partial charge in [-0.15, -0.1) is 0 Å². The van der Waals surface area contributed by atoms with Crippen molar-refractivity contribution in [3.8, 4) is 11.8 Å². The van der Waals surface area contributed by atoms with Gasteiger partial charge < -0.3 is 5.11 Å². The Balaban J connectivity index is 2.14. The van der Waals surface area contributed by atoms with E-state index in [9.17, 15) is 8.42 Å². The first kappa shape index (κ1) is 16.0. The first-order chi connectivity index (χ1) is 10.1. The maximum Gasteiger partial charge on any atom is 0.242 e. The normalized spacial score (nSPS) is 16.8. The molecular weight excluding hydrogens is 288 g/mol. The molecule has 0 spiro atoms. The maximum absolute atomic E-state index is 12.4. The van der Waals surface area contributed by atoms with E-state index in [1.165, 1.54) is 31.3 Å². The Morgan fingerprint density at radius 1 is 1.24 bits per heavy atom. The smallest absolute Gasteiger partial charge is 0.242 e. The molecule has 0 saturated heterocycles. The van der Waals surface area contributed by atoms with Gasteiger partial charge >= 0.3 is 0 Å². The van der Waals surface area contributed by atoms with Crippen LogP contribution in [-0.2, 0) is 10.0 Å². The van der Waals surface area contributed by atoms with E-state index in [4.69, 9.17) is 5.11 Å². The third-order valence-electron chi connectivity index (χ3n) is 3.51. The van der Waals surface area contributed by atoms with Crippen LogP contribution in [0.25, 0.3) is 0 Å². The lowest BCUT2D eigenvalue weighted by Gasteiger charge is -2.16. The Bertz CT molecular complexity index is 624. The SMILES string of the molecule is O=S(=O)(NC1CCCCCC1)c1cncc(C#CCO)c1. The summed E-state index contributed by atoms with van der Waals surface area (Å²) in [6.07, 6.45) is 9.04. The topological polar surface area (TPSA) is 79.3 Å². The molecule has 2 N–H and O–H groups in total. The fourth-order valence-electron chi connectivity index (χ4n) is 2.46. The molecule has 0 aliphatic heterocycles. The molecule has 0 atom stereocenters. The fourth-order valence-corrected chi connectivity index (χ4v) is 3.75. The molecule has 1 heterocycles. The third-order valence-corrected chi connectivity index (χ3v) is 5.00. The van der Waals surface area contributed by atoms with Gasteiger partial charge in [0.15, 0.2) is 0 Å². The number of nitrogens with one attached hydrogen (secondary N) is 1. The van der Waals surface area contributed by atoms with Gasteiger partial charge in [-0.1, -0.05) is 37.5 Å². The molecule has 0 amide bonds. The number of rotatable bonds is 3. The van der Waals surface area contributed by atoms with Crippen molar-refractivity contribution in [3.63, 3.8) is 0 Å². The second-order valence-electron chi connectivity index (χ2n) is 5.18. The number of pyridine rings is 1. The summed E-state index contributed by atoms with van der Waals surface area (Å²) in [4.78, 5) is 4.03. The highest BCUT2D eigenvalue weighted by Crippen LogP contribution is 2.19. The number of aliphatic hydroxyl groups is 1. The quantitative estimate of drug-likeness (QED) is 0.654. The van der Waals surface area contributed by atoms with Crippen molar-refractivity contribution in [1.82, 2.24) is 9.71 Å². The average Bonchev–Trinajstić information content (AvgIpc) is 2.73. The van der Waals surface area contributed by atoms with E-state index in [2.05, 4.69) is 21.5 Å². The number of hydrogen-bond acceptors (Lipinski definition) is 4. The van der Waals surface area contributed by atoms with E-state index in [1.54, 1.807) is 0 Å². The molecule has 1 fully saturated rings. The van der Waals surface area contributed by atoms with Gasteiger partial charge in [0.05, 0.1) is 0 Å². The Hall–Kier alpha value is -1.42. The summed E-state index contributed by atoms with van der Waals surface area (Å²) in [5.74, 6) is 5.15. The van der Waals surface area contributed by atoms with Gasteiger partial charge in [-0.2, -0.15) is 0 Å². The number of hydrogen-bond donors (Lipinski definition) is 2. The van der Waals surface area contributed by atoms with E-state index in [0.717, 1.165) is 25.7 Å². The van der Waals surface area contributed by atoms with E-state index in [0.29, 0.717) is 5.56 Å². The Labute approximate surface area is 125 Å². The van der Waals surface area contributed by atoms with Crippen LogP contribution in [0.4, 0.5) is 0 Å². The summed E-state index contributed by atoms with van der Waals surface area (Å²) in [5, 5.41) is 8.68. The van der Waals surface area contributed by atoms with Crippen LogP contribution in [0.3, 0.4) is 0 Å². The zero-order valence-electron chi connectivity index (χ0n) is 11.9. The molecule has 5 nitrogen and oxygen atoms in total. The molecule has 0 radical (unpaired) electrons. The van der Waals surface area contributed by atoms with Crippen molar-refractivity contribution in [1.29, 1.82) is 0 Å². The zero-order chi connectivity index (χ0) is 15.1. The molecule has 114 valence electrons. The molecule has 0 aromatic carbocycles. The lowest BCUT2D eigenvalue weighted by molar-refractivity contribution is 0.350. The van der Waals surface area contributed by atoms with Gasteiger partial charge in [-0.25, -0.2) is 13.1 Å². The van der Waals surface area contributed by atoms with Crippen LogP contribution in [0.1, 0.15) is 44.1 Å². The average molecular weight is 308 g/mol. The molecule has 1 saturated carbocycles. The highest BCUT2D eigenvalue weighted by Gasteiger charge is 2.21. The molecule has 21 heavy (non-hydrogen) atoms. The van der Waals surface area contributed by atoms with E-state index >= 15 is 0 Å². The summed E-state index contributed by atoms with van der Waals surface area (Å²) >= 11 is 0. The fraction of sp³-hybridized carbons (Fsp3) is 0.533. The second-order valence-corrected chi connectivity index (χ2v) is 6.89. The molecule has 0 bridgehead atoms. The van der Waals surface area contributed by atoms with E-state index in [1.807, 2.05) is 0 Å². The highest BCUT2D eigenvalue weighted by atomic mass is 32.2. The van der Waals surface area contributed by atoms with Gasteiger partial charge in [0.25, 0.3) is 0 Å². The monoisotopic (exact) mass is 308 g/mol. The molecule has 6 heteroatoms. The molecule has 2 rings (SSSR count). The lowest BCUT2D eigenvalue weighted by Crippen LogP contribution is -2.34. The largest absolute Gasteiger partial charge is 0.384 e. The van der Waals surface area contributed by atoms with Crippen LogP contribution < -0.4 is 4.72 Å². The van der Waals surface area contributed by atoms with Gasteiger partial charge in [0, 0.05) is 24.0 Å². The van der Waals surface area contributed by atoms with Crippen molar-refractivity contribution in [2.75, 3.05) is 6.61 Å². The number of aromatic nitrogens is 1. The summed E-state index contributed by atoms with van der Waals surface area (Å²) < 4.78 is 27.5. The predicted molar refractivity (Wildman–Crippen MR) is 80.0 cm³/mol. The highest BCUT2D eigenvalue weighted by molar-refractivity contribution is 7.89. The predicted octanol–water partition coefficient (Wildman–Crippen LogP) is 1.43. The second kappa shape index (κ2) is 7.55. The minimum absolute atomic E-state index is 0.00434. The standard InChI is InChI=1S/C15H20N2O3S/c18-9-5-6-13-10-15(12-16-11-13)21(19,20)17-14-7-3-1-2-4-8-14/h10-12,14,17-18H,1-4,7-9H2. The first-order valence-corrected chi connectivity index (χ1v) is 8.67. The van der Waals surface area contributed by atoms with Gasteiger partial charge in [0.1, 0.15) is 11.5 Å². The van der Waals surface area contributed by atoms with Crippen molar-refractivity contribution < 1.29 is 13.5 Å².